The molecule has 0 amide bonds. The molecule has 0 bridgehead atoms. The summed E-state index contributed by atoms with van der Waals surface area (Å²) in [7, 11) is 9.12. The first-order chi connectivity index (χ1) is 31.3. The molecule has 0 saturated heterocycles. The Bertz CT molecular complexity index is 1180. The Morgan fingerprint density at radius 2 is 0.657 bits per heavy atom. The average molecular weight is 1090 g/mol. The Hall–Kier alpha value is -0.0600. The molecule has 0 aliphatic carbocycles. The zero-order chi connectivity index (χ0) is 51.5. The Kier molecular flexibility index (Phi) is 128. The van der Waals surface area contributed by atoms with Gasteiger partial charge in [-0.05, 0) is 113 Å². The molecule has 0 saturated carbocycles. The second-order valence-corrected chi connectivity index (χ2v) is 26.7. The molecule has 0 aliphatic rings. The van der Waals surface area contributed by atoms with Crippen molar-refractivity contribution >= 4 is 75.7 Å². The number of hydrogen-bond donors (Lipinski definition) is 0. The van der Waals surface area contributed by atoms with Gasteiger partial charge in [0.25, 0.3) is 0 Å². The molecular formula is C59H122S8. The topological polar surface area (TPSA) is 0 Å². The Morgan fingerprint density at radius 3 is 0.881 bits per heavy atom. The third kappa shape index (κ3) is 128. The van der Waals surface area contributed by atoms with E-state index in [-0.39, 0.29) is 14.9 Å². The van der Waals surface area contributed by atoms with E-state index in [1.165, 1.54) is 133 Å². The molecule has 0 radical (unpaired) electrons. The fourth-order valence-corrected chi connectivity index (χ4v) is 16.4. The zero-order valence-corrected chi connectivity index (χ0v) is 53.2. The third-order valence-electron chi connectivity index (χ3n) is 8.65. The summed E-state index contributed by atoms with van der Waals surface area (Å²) in [6, 6.07) is 0. The highest BCUT2D eigenvalue weighted by atomic mass is 33.4. The monoisotopic (exact) mass is 1090 g/mol. The van der Waals surface area contributed by atoms with Crippen LogP contribution in [0.25, 0.3) is 0 Å². The maximum atomic E-state index is 4.60. The molecule has 0 N–H and O–H groups in total. The van der Waals surface area contributed by atoms with Crippen LogP contribution in [0.1, 0.15) is 268 Å². The predicted molar refractivity (Wildman–Crippen MR) is 349 cm³/mol. The van der Waals surface area contributed by atoms with E-state index in [9.17, 15) is 0 Å². The van der Waals surface area contributed by atoms with Crippen LogP contribution in [0.4, 0.5) is 0 Å². The van der Waals surface area contributed by atoms with Crippen molar-refractivity contribution in [3.05, 3.63) is 85.1 Å². The summed E-state index contributed by atoms with van der Waals surface area (Å²) in [4.78, 5) is 0. The van der Waals surface area contributed by atoms with Crippen LogP contribution in [-0.4, -0.2) is 0 Å². The maximum absolute atomic E-state index is 4.60. The minimum atomic E-state index is 0. The van der Waals surface area contributed by atoms with E-state index in [1.54, 1.807) is 35.5 Å². The first-order valence-corrected chi connectivity index (χ1v) is 35.5. The highest BCUT2D eigenvalue weighted by Gasteiger charge is 2.08. The quantitative estimate of drug-likeness (QED) is 0.0884. The van der Waals surface area contributed by atoms with Crippen LogP contribution in [0.15, 0.2) is 85.1 Å². The van der Waals surface area contributed by atoms with Crippen molar-refractivity contribution in [1.82, 2.24) is 0 Å². The largest absolute Gasteiger partial charge is 0.0888 e. The SMILES string of the molecule is C.C.CCC=CC(C)C.CCC=CC(C)CC(C)CCCC.CCC=CC(C)CC(CC)CCC.CCC=CCC.CCC=CCC.CCC=CCC.CCC=CCC.S=S=S=S=S=S=S=S. The number of hydrogen-bond acceptors (Lipinski definition) is 2. The molecule has 0 rings (SSSR count). The van der Waals surface area contributed by atoms with E-state index in [4.69, 9.17) is 0 Å². The van der Waals surface area contributed by atoms with Crippen LogP contribution >= 0.6 is 0 Å². The van der Waals surface area contributed by atoms with Gasteiger partial charge in [-0.3, -0.25) is 0 Å². The van der Waals surface area contributed by atoms with Gasteiger partial charge in [0, 0.05) is 75.7 Å². The van der Waals surface area contributed by atoms with Gasteiger partial charge in [0.1, 0.15) is 0 Å². The Balaban J connectivity index is -0.0000000706. The van der Waals surface area contributed by atoms with Gasteiger partial charge in [0.2, 0.25) is 0 Å². The minimum absolute atomic E-state index is 0. The molecule has 0 aliphatic heterocycles. The van der Waals surface area contributed by atoms with Crippen molar-refractivity contribution in [2.75, 3.05) is 0 Å². The lowest BCUT2D eigenvalue weighted by Gasteiger charge is -2.16. The van der Waals surface area contributed by atoms with Crippen molar-refractivity contribution in [3.8, 4) is 0 Å². The summed E-state index contributed by atoms with van der Waals surface area (Å²) in [6.45, 7) is 42.0. The van der Waals surface area contributed by atoms with Gasteiger partial charge in [0.05, 0.1) is 0 Å². The van der Waals surface area contributed by atoms with E-state index < -0.39 is 0 Å². The Morgan fingerprint density at radius 1 is 0.358 bits per heavy atom. The molecule has 4 atom stereocenters. The van der Waals surface area contributed by atoms with E-state index >= 15 is 0 Å². The maximum Gasteiger partial charge on any atom is 0 e. The molecule has 67 heavy (non-hydrogen) atoms. The van der Waals surface area contributed by atoms with Crippen molar-refractivity contribution in [2.45, 2.75) is 268 Å². The molecule has 0 heterocycles. The van der Waals surface area contributed by atoms with Gasteiger partial charge in [-0.2, -0.15) is 0 Å². The van der Waals surface area contributed by atoms with Crippen molar-refractivity contribution in [3.63, 3.8) is 0 Å². The molecule has 0 aromatic heterocycles. The normalized spacial score (nSPS) is 12.0. The standard InChI is InChI=1S/2C13H26.C7H14.4C6H12.2CH4.S8/c1-5-7-9-12(3)11-13(4)10-8-6-2;1-5-8-10-12(4)11-13(7-3)9-6-2;1-4-5-6-7(2)3;4*1-3-5-6-4-2;;;1-3-5-7-8-6-4-2/h7,9,12-13H,5-6,8,10-11H2,1-4H3;8,10,12-13H,5-7,9,11H2,1-4H3;5-7H,4H2,1-3H3;4*5-6H,3-4H2,1-2H3;2*1H4;. The van der Waals surface area contributed by atoms with Gasteiger partial charge in [-0.15, -0.1) is 0 Å². The van der Waals surface area contributed by atoms with E-state index in [2.05, 4.69) is 239 Å². The van der Waals surface area contributed by atoms with Crippen LogP contribution < -0.4 is 0 Å². The zero-order valence-electron chi connectivity index (χ0n) is 46.7. The van der Waals surface area contributed by atoms with Gasteiger partial charge in [-0.25, -0.2) is 0 Å². The summed E-state index contributed by atoms with van der Waals surface area (Å²) >= 11 is 9.21. The highest BCUT2D eigenvalue weighted by molar-refractivity contribution is 8.70. The van der Waals surface area contributed by atoms with Crippen LogP contribution in [0, 0.1) is 29.6 Å². The summed E-state index contributed by atoms with van der Waals surface area (Å²) < 4.78 is 0. The van der Waals surface area contributed by atoms with E-state index in [1.807, 2.05) is 0 Å². The van der Waals surface area contributed by atoms with Crippen LogP contribution in [0.2, 0.25) is 0 Å². The average Bonchev–Trinajstić information content (AvgIpc) is 3.31. The molecule has 0 spiro atoms. The second kappa shape index (κ2) is 95.6. The van der Waals surface area contributed by atoms with Gasteiger partial charge in [0.15, 0.2) is 0 Å². The molecule has 8 heteroatoms. The fraction of sp³-hybridized carbons (Fsp3) is 0.763. The van der Waals surface area contributed by atoms with Crippen LogP contribution in [0.3, 0.4) is 0 Å². The fourth-order valence-electron chi connectivity index (χ4n) is 5.41. The summed E-state index contributed by atoms with van der Waals surface area (Å²) in [5, 5.41) is 0. The minimum Gasteiger partial charge on any atom is -0.0888 e. The van der Waals surface area contributed by atoms with Crippen LogP contribution in [0.5, 0.6) is 0 Å². The number of rotatable bonds is 24. The van der Waals surface area contributed by atoms with Crippen molar-refractivity contribution < 1.29 is 0 Å². The molecule has 4 unspecified atom stereocenters. The Labute approximate surface area is 454 Å². The lowest BCUT2D eigenvalue weighted by atomic mass is 9.90. The van der Waals surface area contributed by atoms with Gasteiger partial charge < -0.3 is 0 Å². The molecule has 0 nitrogen and oxygen atoms in total. The summed E-state index contributed by atoms with van der Waals surface area (Å²) in [5.74, 6) is 4.11. The highest BCUT2D eigenvalue weighted by Crippen LogP contribution is 2.21. The third-order valence-corrected chi connectivity index (χ3v) is 19.8. The summed E-state index contributed by atoms with van der Waals surface area (Å²) in [5.41, 5.74) is 0. The summed E-state index contributed by atoms with van der Waals surface area (Å²) in [6.07, 6.45) is 55.0. The first-order valence-electron chi connectivity index (χ1n) is 26.1. The van der Waals surface area contributed by atoms with E-state index in [0.29, 0.717) is 0 Å². The lowest BCUT2D eigenvalue weighted by molar-refractivity contribution is 0.390. The van der Waals surface area contributed by atoms with Crippen molar-refractivity contribution in [1.29, 1.82) is 0 Å². The number of allylic oxidation sites excluding steroid dienone is 14. The molecule has 406 valence electrons. The first kappa shape index (κ1) is 89.8. The van der Waals surface area contributed by atoms with E-state index in [0.717, 1.165) is 36.0 Å². The molecule has 0 aromatic carbocycles. The molecular weight excluding hydrogens is 965 g/mol. The smallest absolute Gasteiger partial charge is 0 e. The van der Waals surface area contributed by atoms with Crippen LogP contribution in [-0.2, 0) is 75.7 Å². The lowest BCUT2D eigenvalue weighted by Crippen LogP contribution is -2.03. The molecule has 0 fully saturated rings. The van der Waals surface area contributed by atoms with Crippen molar-refractivity contribution in [2.24, 2.45) is 29.6 Å². The molecule has 0 aromatic rings. The second-order valence-electron chi connectivity index (χ2n) is 16.0. The van der Waals surface area contributed by atoms with Gasteiger partial charge >= 0.3 is 0 Å². The van der Waals surface area contributed by atoms with Gasteiger partial charge in [-0.1, -0.05) is 270 Å². The predicted octanol–water partition coefficient (Wildman–Crippen LogP) is 22.9. The number of unbranched alkanes of at least 4 members (excludes halogenated alkanes) is 1.